The van der Waals surface area contributed by atoms with Crippen LogP contribution in [-0.4, -0.2) is 35.7 Å². The van der Waals surface area contributed by atoms with E-state index in [1.54, 1.807) is 13.0 Å². The number of amides is 1. The van der Waals surface area contributed by atoms with E-state index < -0.39 is 5.97 Å². The molecule has 2 aromatic heterocycles. The molecule has 0 saturated carbocycles. The van der Waals surface area contributed by atoms with Crippen molar-refractivity contribution in [2.24, 2.45) is 0 Å². The van der Waals surface area contributed by atoms with Crippen molar-refractivity contribution in [3.63, 3.8) is 0 Å². The minimum Gasteiger partial charge on any atom is -0.468 e. The summed E-state index contributed by atoms with van der Waals surface area (Å²) < 4.78 is 9.64. The number of aryl methyl sites for hydroxylation is 1. The first kappa shape index (κ1) is 15.0. The van der Waals surface area contributed by atoms with Crippen molar-refractivity contribution in [3.8, 4) is 0 Å². The van der Waals surface area contributed by atoms with Crippen LogP contribution >= 0.6 is 0 Å². The van der Waals surface area contributed by atoms with Crippen molar-refractivity contribution >= 4 is 23.0 Å². The predicted octanol–water partition coefficient (Wildman–Crippen LogP) is 1.56. The molecular weight excluding hydrogens is 274 g/mol. The zero-order valence-electron chi connectivity index (χ0n) is 12.4. The molecule has 0 aliphatic heterocycles. The number of carbonyl (C=O) groups excluding carboxylic acids is 2. The SMILES string of the molecule is COC(=O)CNC(=O)c1cc(C(C)C)nc2onc(C)c12. The quantitative estimate of drug-likeness (QED) is 0.859. The van der Waals surface area contributed by atoms with Crippen LogP contribution in [0.5, 0.6) is 0 Å². The molecule has 0 unspecified atom stereocenters. The molecule has 0 saturated heterocycles. The Morgan fingerprint density at radius 1 is 1.43 bits per heavy atom. The smallest absolute Gasteiger partial charge is 0.325 e. The molecule has 0 fully saturated rings. The summed E-state index contributed by atoms with van der Waals surface area (Å²) in [5.74, 6) is -0.771. The lowest BCUT2D eigenvalue weighted by molar-refractivity contribution is -0.139. The molecular formula is C14H17N3O4. The summed E-state index contributed by atoms with van der Waals surface area (Å²) in [6.07, 6.45) is 0. The van der Waals surface area contributed by atoms with Crippen molar-refractivity contribution in [1.29, 1.82) is 0 Å². The van der Waals surface area contributed by atoms with Crippen molar-refractivity contribution in [1.82, 2.24) is 15.5 Å². The molecule has 2 rings (SSSR count). The molecule has 7 heteroatoms. The van der Waals surface area contributed by atoms with Crippen LogP contribution in [0.15, 0.2) is 10.6 Å². The van der Waals surface area contributed by atoms with Gasteiger partial charge in [-0.1, -0.05) is 19.0 Å². The number of ether oxygens (including phenoxy) is 1. The highest BCUT2D eigenvalue weighted by Crippen LogP contribution is 2.24. The van der Waals surface area contributed by atoms with Crippen molar-refractivity contribution in [2.45, 2.75) is 26.7 Å². The Labute approximate surface area is 121 Å². The van der Waals surface area contributed by atoms with E-state index in [1.165, 1.54) is 7.11 Å². The molecule has 112 valence electrons. The third-order valence-corrected chi connectivity index (χ3v) is 3.09. The molecule has 0 atom stereocenters. The molecule has 1 N–H and O–H groups in total. The molecule has 2 aromatic rings. The Balaban J connectivity index is 2.42. The highest BCUT2D eigenvalue weighted by Gasteiger charge is 2.20. The maximum absolute atomic E-state index is 12.3. The van der Waals surface area contributed by atoms with Gasteiger partial charge >= 0.3 is 5.97 Å². The van der Waals surface area contributed by atoms with Crippen LogP contribution in [0.3, 0.4) is 0 Å². The van der Waals surface area contributed by atoms with Gasteiger partial charge < -0.3 is 14.6 Å². The van der Waals surface area contributed by atoms with Gasteiger partial charge in [0, 0.05) is 5.69 Å². The van der Waals surface area contributed by atoms with Crippen LogP contribution in [0.2, 0.25) is 0 Å². The Hall–Kier alpha value is -2.44. The summed E-state index contributed by atoms with van der Waals surface area (Å²) in [5, 5.41) is 6.91. The van der Waals surface area contributed by atoms with Gasteiger partial charge in [-0.2, -0.15) is 0 Å². The Bertz CT molecular complexity index is 691. The van der Waals surface area contributed by atoms with Crippen molar-refractivity contribution in [2.75, 3.05) is 13.7 Å². The van der Waals surface area contributed by atoms with Crippen LogP contribution in [0.4, 0.5) is 0 Å². The molecule has 0 bridgehead atoms. The van der Waals surface area contributed by atoms with Gasteiger partial charge in [-0.15, -0.1) is 0 Å². The van der Waals surface area contributed by atoms with E-state index in [0.29, 0.717) is 22.4 Å². The number of rotatable bonds is 4. The molecule has 7 nitrogen and oxygen atoms in total. The lowest BCUT2D eigenvalue weighted by atomic mass is 10.0. The lowest BCUT2D eigenvalue weighted by Crippen LogP contribution is -2.30. The number of aromatic nitrogens is 2. The van der Waals surface area contributed by atoms with E-state index in [0.717, 1.165) is 5.69 Å². The second kappa shape index (κ2) is 5.90. The molecule has 0 aliphatic carbocycles. The molecule has 0 radical (unpaired) electrons. The van der Waals surface area contributed by atoms with Crippen LogP contribution in [0.25, 0.3) is 11.1 Å². The number of nitrogens with zero attached hydrogens (tertiary/aromatic N) is 2. The monoisotopic (exact) mass is 291 g/mol. The third kappa shape index (κ3) is 3.01. The highest BCUT2D eigenvalue weighted by molar-refractivity contribution is 6.06. The van der Waals surface area contributed by atoms with E-state index in [4.69, 9.17) is 4.52 Å². The van der Waals surface area contributed by atoms with Gasteiger partial charge in [0.05, 0.1) is 23.8 Å². The maximum Gasteiger partial charge on any atom is 0.325 e. The Kier molecular flexibility index (Phi) is 4.21. The molecule has 0 spiro atoms. The van der Waals surface area contributed by atoms with E-state index in [9.17, 15) is 9.59 Å². The second-order valence-electron chi connectivity index (χ2n) is 4.96. The molecule has 2 heterocycles. The predicted molar refractivity (Wildman–Crippen MR) is 75.0 cm³/mol. The highest BCUT2D eigenvalue weighted by atomic mass is 16.5. The number of nitrogens with one attached hydrogen (secondary N) is 1. The van der Waals surface area contributed by atoms with E-state index in [1.807, 2.05) is 13.8 Å². The summed E-state index contributed by atoms with van der Waals surface area (Å²) >= 11 is 0. The lowest BCUT2D eigenvalue weighted by Gasteiger charge is -2.09. The summed E-state index contributed by atoms with van der Waals surface area (Å²) in [5.41, 5.74) is 2.02. The number of carbonyl (C=O) groups is 2. The Morgan fingerprint density at radius 3 is 2.76 bits per heavy atom. The zero-order valence-corrected chi connectivity index (χ0v) is 12.4. The van der Waals surface area contributed by atoms with E-state index in [-0.39, 0.29) is 18.4 Å². The Morgan fingerprint density at radius 2 is 2.14 bits per heavy atom. The number of fused-ring (bicyclic) bond motifs is 1. The molecule has 1 amide bonds. The van der Waals surface area contributed by atoms with Crippen LogP contribution in [0, 0.1) is 6.92 Å². The minimum atomic E-state index is -0.514. The second-order valence-corrected chi connectivity index (χ2v) is 4.96. The third-order valence-electron chi connectivity index (χ3n) is 3.09. The van der Waals surface area contributed by atoms with Crippen molar-refractivity contribution < 1.29 is 18.8 Å². The number of pyridine rings is 1. The minimum absolute atomic E-state index is 0.131. The van der Waals surface area contributed by atoms with Gasteiger partial charge in [0.25, 0.3) is 11.6 Å². The normalized spacial score (nSPS) is 10.9. The zero-order chi connectivity index (χ0) is 15.6. The summed E-state index contributed by atoms with van der Waals surface area (Å²) in [4.78, 5) is 27.8. The average Bonchev–Trinajstić information content (AvgIpc) is 2.84. The van der Waals surface area contributed by atoms with Gasteiger partial charge in [-0.25, -0.2) is 4.98 Å². The van der Waals surface area contributed by atoms with E-state index in [2.05, 4.69) is 20.2 Å². The van der Waals surface area contributed by atoms with Crippen LogP contribution in [0.1, 0.15) is 41.5 Å². The summed E-state index contributed by atoms with van der Waals surface area (Å²) in [6, 6.07) is 1.70. The fourth-order valence-corrected chi connectivity index (χ4v) is 1.91. The molecule has 0 aliphatic rings. The first-order valence-corrected chi connectivity index (χ1v) is 6.56. The van der Waals surface area contributed by atoms with Crippen LogP contribution < -0.4 is 5.32 Å². The number of esters is 1. The first-order valence-electron chi connectivity index (χ1n) is 6.56. The van der Waals surface area contributed by atoms with E-state index >= 15 is 0 Å². The fraction of sp³-hybridized carbons (Fsp3) is 0.429. The van der Waals surface area contributed by atoms with Gasteiger partial charge in [0.15, 0.2) is 0 Å². The molecule has 21 heavy (non-hydrogen) atoms. The average molecular weight is 291 g/mol. The fourth-order valence-electron chi connectivity index (χ4n) is 1.91. The van der Waals surface area contributed by atoms with Gasteiger partial charge in [0.1, 0.15) is 6.54 Å². The molecule has 0 aromatic carbocycles. The van der Waals surface area contributed by atoms with Gasteiger partial charge in [-0.05, 0) is 18.9 Å². The first-order chi connectivity index (χ1) is 9.93. The van der Waals surface area contributed by atoms with Gasteiger partial charge in [0.2, 0.25) is 0 Å². The number of hydrogen-bond donors (Lipinski definition) is 1. The summed E-state index contributed by atoms with van der Waals surface area (Å²) in [6.45, 7) is 5.47. The van der Waals surface area contributed by atoms with Crippen LogP contribution in [-0.2, 0) is 9.53 Å². The van der Waals surface area contributed by atoms with Crippen molar-refractivity contribution in [3.05, 3.63) is 23.0 Å². The number of methoxy groups -OCH3 is 1. The maximum atomic E-state index is 12.3. The van der Waals surface area contributed by atoms with Gasteiger partial charge in [-0.3, -0.25) is 9.59 Å². The largest absolute Gasteiger partial charge is 0.468 e. The topological polar surface area (TPSA) is 94.3 Å². The standard InChI is InChI=1S/C14H17N3O4/c1-7(2)10-5-9(13(19)15-6-11(18)20-4)12-8(3)17-21-14(12)16-10/h5,7H,6H2,1-4H3,(H,15,19). The number of hydrogen-bond acceptors (Lipinski definition) is 6. The summed E-state index contributed by atoms with van der Waals surface area (Å²) in [7, 11) is 1.26.